The van der Waals surface area contributed by atoms with Crippen LogP contribution < -0.4 is 20.4 Å². The summed E-state index contributed by atoms with van der Waals surface area (Å²) in [5.41, 5.74) is 10.1. The van der Waals surface area contributed by atoms with Crippen molar-refractivity contribution in [2.24, 2.45) is 0 Å². The maximum Gasteiger partial charge on any atom is 0.240 e. The Morgan fingerprint density at radius 2 is 1.26 bits per heavy atom. The third kappa shape index (κ3) is 4.43. The second kappa shape index (κ2) is 11.4. The number of nitrogens with zero attached hydrogens (tertiary/aromatic N) is 10. The molecule has 0 aliphatic carbocycles. The minimum atomic E-state index is 0.532. The molecule has 2 aliphatic heterocycles. The molecule has 2 aliphatic rings. The summed E-state index contributed by atoms with van der Waals surface area (Å²) in [5.74, 6) is 1.84. The zero-order valence-electron chi connectivity index (χ0n) is 28.3. The fraction of sp³-hybridized carbons (Fsp3) is 0.316. The van der Waals surface area contributed by atoms with Crippen LogP contribution in [0.15, 0.2) is 61.3 Å². The molecule has 250 valence electrons. The molecule has 2 fully saturated rings. The number of nitrogens with one attached hydrogen (secondary N) is 2. The van der Waals surface area contributed by atoms with Crippen molar-refractivity contribution in [2.75, 3.05) is 60.7 Å². The number of rotatable bonds is 6. The van der Waals surface area contributed by atoms with E-state index in [0.29, 0.717) is 11.6 Å². The lowest BCUT2D eigenvalue weighted by Crippen LogP contribution is -2.29. The first-order chi connectivity index (χ1) is 24.7. The highest BCUT2D eigenvalue weighted by molar-refractivity contribution is 6.10. The Morgan fingerprint density at radius 1 is 0.600 bits per heavy atom. The van der Waals surface area contributed by atoms with Crippen molar-refractivity contribution in [1.29, 1.82) is 0 Å². The van der Waals surface area contributed by atoms with Gasteiger partial charge in [-0.1, -0.05) is 0 Å². The summed E-state index contributed by atoms with van der Waals surface area (Å²) in [7, 11) is 3.95. The molecule has 0 saturated carbocycles. The van der Waals surface area contributed by atoms with E-state index < -0.39 is 0 Å². The second-order valence-electron chi connectivity index (χ2n) is 13.6. The number of imidazole rings is 1. The third-order valence-electron chi connectivity index (χ3n) is 10.7. The topological polar surface area (TPSA) is 117 Å². The summed E-state index contributed by atoms with van der Waals surface area (Å²) in [6, 6.07) is 15.4. The van der Waals surface area contributed by atoms with Crippen LogP contribution in [0.2, 0.25) is 0 Å². The smallest absolute Gasteiger partial charge is 0.240 e. The third-order valence-corrected chi connectivity index (χ3v) is 10.7. The lowest BCUT2D eigenvalue weighted by atomic mass is 10.0. The lowest BCUT2D eigenvalue weighted by Gasteiger charge is -2.29. The van der Waals surface area contributed by atoms with Gasteiger partial charge in [-0.15, -0.1) is 0 Å². The van der Waals surface area contributed by atoms with Crippen molar-refractivity contribution < 1.29 is 0 Å². The van der Waals surface area contributed by atoms with Gasteiger partial charge < -0.3 is 20.4 Å². The van der Waals surface area contributed by atoms with Crippen molar-refractivity contribution in [2.45, 2.75) is 38.5 Å². The van der Waals surface area contributed by atoms with Gasteiger partial charge in [0.2, 0.25) is 11.6 Å². The zero-order chi connectivity index (χ0) is 33.3. The van der Waals surface area contributed by atoms with Gasteiger partial charge in [-0.05, 0) is 81.0 Å². The Balaban J connectivity index is 1.14. The monoisotopic (exact) mass is 662 g/mol. The van der Waals surface area contributed by atoms with Gasteiger partial charge in [0.15, 0.2) is 5.82 Å². The maximum absolute atomic E-state index is 5.10. The number of piperidine rings is 2. The molecule has 2 N–H and O–H groups in total. The van der Waals surface area contributed by atoms with E-state index in [1.54, 1.807) is 0 Å². The van der Waals surface area contributed by atoms with Crippen LogP contribution >= 0.6 is 0 Å². The van der Waals surface area contributed by atoms with Gasteiger partial charge >= 0.3 is 0 Å². The number of anilines is 4. The highest BCUT2D eigenvalue weighted by atomic mass is 15.2. The van der Waals surface area contributed by atoms with Crippen LogP contribution in [0.25, 0.3) is 66.9 Å². The highest BCUT2D eigenvalue weighted by Crippen LogP contribution is 2.39. The van der Waals surface area contributed by atoms with Crippen LogP contribution in [0.5, 0.6) is 0 Å². The van der Waals surface area contributed by atoms with E-state index in [0.717, 1.165) is 92.9 Å². The number of hydrogen-bond donors (Lipinski definition) is 2. The molecule has 0 radical (unpaired) electrons. The molecule has 0 unspecified atom stereocenters. The SMILES string of the molecule is CNc1cc(N2CCCCC2)cc2ncc(-c3nc4ncnc5nc(-n6cnc7cc(N8CCCCC8)cc(NC)c76)c6ccc3c6n45)cc12. The molecule has 2 saturated heterocycles. The van der Waals surface area contributed by atoms with Crippen LogP contribution in [0.1, 0.15) is 38.5 Å². The number of pyridine rings is 1. The van der Waals surface area contributed by atoms with Crippen molar-refractivity contribution in [3.8, 4) is 17.1 Å². The van der Waals surface area contributed by atoms with Crippen LogP contribution in [-0.4, -0.2) is 79.1 Å². The molecule has 12 heteroatoms. The van der Waals surface area contributed by atoms with Gasteiger partial charge in [-0.3, -0.25) is 9.55 Å². The first-order valence-corrected chi connectivity index (χ1v) is 17.7. The number of aromatic nitrogens is 8. The molecule has 0 amide bonds. The summed E-state index contributed by atoms with van der Waals surface area (Å²) >= 11 is 0. The second-order valence-corrected chi connectivity index (χ2v) is 13.6. The summed E-state index contributed by atoms with van der Waals surface area (Å²) in [4.78, 5) is 34.3. The van der Waals surface area contributed by atoms with Crippen molar-refractivity contribution in [3.05, 3.63) is 61.3 Å². The molecule has 3 aromatic carbocycles. The number of hydrogen-bond acceptors (Lipinski definition) is 10. The molecule has 0 bridgehead atoms. The molecule has 7 heterocycles. The normalized spacial score (nSPS) is 15.7. The number of benzene rings is 2. The molecular weight excluding hydrogens is 625 g/mol. The first-order valence-electron chi connectivity index (χ1n) is 17.7. The standard InChI is InChI=1S/C38H38N12/c1-39-29-16-24(47-11-5-3-6-12-47)17-30-28(29)15-23(20-41-30)33-26-9-10-27-34(26)50-37(45-33)42-21-43-38(50)46-36(27)49-22-44-32-19-25(18-31(40-2)35(32)49)48-13-7-4-8-14-48/h9-10,15-22,39-40H,3-8,11-14H2,1-2H3. The Kier molecular flexibility index (Phi) is 6.65. The molecule has 0 atom stereocenters. The molecule has 10 rings (SSSR count). The summed E-state index contributed by atoms with van der Waals surface area (Å²) in [5, 5.41) is 9.91. The largest absolute Gasteiger partial charge is 0.388 e. The molecule has 5 aromatic heterocycles. The molecular formula is C38H38N12. The number of fused-ring (bicyclic) bond motifs is 2. The lowest BCUT2D eigenvalue weighted by molar-refractivity contribution is 0.578. The Hall–Kier alpha value is -5.78. The van der Waals surface area contributed by atoms with Crippen LogP contribution in [0, 0.1) is 0 Å². The van der Waals surface area contributed by atoms with Gasteiger partial charge in [0.25, 0.3) is 0 Å². The quantitative estimate of drug-likeness (QED) is 0.195. The molecule has 8 aromatic rings. The summed E-state index contributed by atoms with van der Waals surface area (Å²) < 4.78 is 4.05. The van der Waals surface area contributed by atoms with Crippen molar-refractivity contribution in [3.63, 3.8) is 0 Å². The first kappa shape index (κ1) is 29.2. The van der Waals surface area contributed by atoms with Gasteiger partial charge in [0, 0.05) is 85.3 Å². The van der Waals surface area contributed by atoms with Gasteiger partial charge in [0.1, 0.15) is 12.7 Å². The molecule has 12 nitrogen and oxygen atoms in total. The summed E-state index contributed by atoms with van der Waals surface area (Å²) in [6.45, 7) is 4.32. The average Bonchev–Trinajstić information content (AvgIpc) is 3.82. The van der Waals surface area contributed by atoms with E-state index >= 15 is 0 Å². The van der Waals surface area contributed by atoms with E-state index in [9.17, 15) is 0 Å². The van der Waals surface area contributed by atoms with Crippen LogP contribution in [0.4, 0.5) is 22.7 Å². The van der Waals surface area contributed by atoms with E-state index in [-0.39, 0.29) is 0 Å². The van der Waals surface area contributed by atoms with Gasteiger partial charge in [-0.2, -0.15) is 4.98 Å². The minimum absolute atomic E-state index is 0.532. The Morgan fingerprint density at radius 3 is 1.98 bits per heavy atom. The zero-order valence-corrected chi connectivity index (χ0v) is 28.3. The van der Waals surface area contributed by atoms with Gasteiger partial charge in [-0.25, -0.2) is 24.3 Å². The average molecular weight is 663 g/mol. The van der Waals surface area contributed by atoms with E-state index in [1.165, 1.54) is 56.2 Å². The Labute approximate surface area is 288 Å². The van der Waals surface area contributed by atoms with Gasteiger partial charge in [0.05, 0.1) is 33.4 Å². The van der Waals surface area contributed by atoms with Crippen molar-refractivity contribution in [1.82, 2.24) is 38.9 Å². The van der Waals surface area contributed by atoms with E-state index in [4.69, 9.17) is 19.9 Å². The predicted octanol–water partition coefficient (Wildman–Crippen LogP) is 6.88. The fourth-order valence-electron chi connectivity index (χ4n) is 8.20. The molecule has 50 heavy (non-hydrogen) atoms. The van der Waals surface area contributed by atoms with Crippen molar-refractivity contribution >= 4 is 72.5 Å². The van der Waals surface area contributed by atoms with Crippen LogP contribution in [-0.2, 0) is 0 Å². The minimum Gasteiger partial charge on any atom is -0.388 e. The van der Waals surface area contributed by atoms with E-state index in [1.807, 2.05) is 31.0 Å². The molecule has 0 spiro atoms. The highest BCUT2D eigenvalue weighted by Gasteiger charge is 2.24. The van der Waals surface area contributed by atoms with E-state index in [2.05, 4.69) is 77.4 Å². The predicted molar refractivity (Wildman–Crippen MR) is 201 cm³/mol. The fourth-order valence-corrected chi connectivity index (χ4v) is 8.20. The van der Waals surface area contributed by atoms with Crippen LogP contribution in [0.3, 0.4) is 0 Å². The summed E-state index contributed by atoms with van der Waals surface area (Å²) in [6.07, 6.45) is 12.9. The Bertz CT molecular complexity index is 2560. The maximum atomic E-state index is 5.10.